The number of benzene rings is 1. The lowest BCUT2D eigenvalue weighted by Crippen LogP contribution is -2.48. The summed E-state index contributed by atoms with van der Waals surface area (Å²) in [6, 6.07) is 5.42. The van der Waals surface area contributed by atoms with Gasteiger partial charge in [-0.15, -0.1) is 0 Å². The molecule has 0 aliphatic carbocycles. The SMILES string of the molecule is Cc1cc(C)c2[nH]c(CN[C@@H]3CCCNC3=O)cc(=O)c2c1. The van der Waals surface area contributed by atoms with Gasteiger partial charge >= 0.3 is 0 Å². The number of amides is 1. The number of aryl methyl sites for hydroxylation is 2. The molecule has 22 heavy (non-hydrogen) atoms. The Morgan fingerprint density at radius 1 is 1.23 bits per heavy atom. The minimum atomic E-state index is -0.174. The maximum Gasteiger partial charge on any atom is 0.237 e. The van der Waals surface area contributed by atoms with E-state index in [9.17, 15) is 9.59 Å². The quantitative estimate of drug-likeness (QED) is 0.804. The van der Waals surface area contributed by atoms with Crippen LogP contribution in [-0.2, 0) is 11.3 Å². The van der Waals surface area contributed by atoms with Gasteiger partial charge in [0.1, 0.15) is 0 Å². The summed E-state index contributed by atoms with van der Waals surface area (Å²) in [7, 11) is 0. The third-order valence-electron chi connectivity index (χ3n) is 4.16. The van der Waals surface area contributed by atoms with Crippen molar-refractivity contribution in [3.63, 3.8) is 0 Å². The normalized spacial score (nSPS) is 18.5. The molecule has 2 heterocycles. The molecule has 0 radical (unpaired) electrons. The molecular formula is C17H21N3O2. The molecule has 1 aliphatic heterocycles. The molecule has 1 fully saturated rings. The van der Waals surface area contributed by atoms with Gasteiger partial charge in [-0.1, -0.05) is 6.07 Å². The summed E-state index contributed by atoms with van der Waals surface area (Å²) in [6.07, 6.45) is 1.82. The highest BCUT2D eigenvalue weighted by Gasteiger charge is 2.21. The summed E-state index contributed by atoms with van der Waals surface area (Å²) in [5, 5.41) is 6.80. The number of carbonyl (C=O) groups excluding carboxylic acids is 1. The molecule has 1 atom stereocenters. The van der Waals surface area contributed by atoms with E-state index in [-0.39, 0.29) is 17.4 Å². The first kappa shape index (κ1) is 14.8. The second-order valence-electron chi connectivity index (χ2n) is 6.03. The minimum Gasteiger partial charge on any atom is -0.357 e. The van der Waals surface area contributed by atoms with E-state index in [0.717, 1.165) is 47.1 Å². The van der Waals surface area contributed by atoms with Crippen molar-refractivity contribution in [3.05, 3.63) is 45.2 Å². The van der Waals surface area contributed by atoms with Crippen molar-refractivity contribution in [2.45, 2.75) is 39.3 Å². The van der Waals surface area contributed by atoms with Gasteiger partial charge in [0.05, 0.1) is 11.6 Å². The van der Waals surface area contributed by atoms with Crippen LogP contribution in [0.2, 0.25) is 0 Å². The number of nitrogens with one attached hydrogen (secondary N) is 3. The van der Waals surface area contributed by atoms with Crippen molar-refractivity contribution in [2.24, 2.45) is 0 Å². The zero-order chi connectivity index (χ0) is 15.7. The predicted octanol–water partition coefficient (Wildman–Crippen LogP) is 1.51. The molecule has 0 bridgehead atoms. The summed E-state index contributed by atoms with van der Waals surface area (Å²) in [5.74, 6) is 0.0428. The van der Waals surface area contributed by atoms with Crippen LogP contribution in [0.25, 0.3) is 10.9 Å². The Kier molecular flexibility index (Phi) is 3.98. The fourth-order valence-electron chi connectivity index (χ4n) is 3.06. The highest BCUT2D eigenvalue weighted by Crippen LogP contribution is 2.16. The number of aromatic nitrogens is 1. The van der Waals surface area contributed by atoms with Crippen molar-refractivity contribution in [1.29, 1.82) is 0 Å². The first-order chi connectivity index (χ1) is 10.5. The smallest absolute Gasteiger partial charge is 0.237 e. The molecule has 2 aromatic rings. The number of aromatic amines is 1. The molecule has 5 heteroatoms. The fourth-order valence-corrected chi connectivity index (χ4v) is 3.06. The van der Waals surface area contributed by atoms with Crippen LogP contribution in [0, 0.1) is 13.8 Å². The van der Waals surface area contributed by atoms with Crippen molar-refractivity contribution < 1.29 is 4.79 Å². The monoisotopic (exact) mass is 299 g/mol. The van der Waals surface area contributed by atoms with Gasteiger partial charge < -0.3 is 15.6 Å². The summed E-state index contributed by atoms with van der Waals surface area (Å²) in [6.45, 7) is 5.22. The van der Waals surface area contributed by atoms with Crippen molar-refractivity contribution in [3.8, 4) is 0 Å². The van der Waals surface area contributed by atoms with Crippen molar-refractivity contribution >= 4 is 16.8 Å². The number of carbonyl (C=O) groups is 1. The Bertz CT molecular complexity index is 779. The number of rotatable bonds is 3. The number of pyridine rings is 1. The molecule has 1 aromatic carbocycles. The first-order valence-electron chi connectivity index (χ1n) is 7.69. The van der Waals surface area contributed by atoms with Gasteiger partial charge in [-0.3, -0.25) is 9.59 Å². The van der Waals surface area contributed by atoms with Gasteiger partial charge in [0.15, 0.2) is 5.43 Å². The largest absolute Gasteiger partial charge is 0.357 e. The van der Waals surface area contributed by atoms with Gasteiger partial charge in [0, 0.05) is 30.2 Å². The first-order valence-corrected chi connectivity index (χ1v) is 7.69. The minimum absolute atomic E-state index is 0.0189. The van der Waals surface area contributed by atoms with Crippen LogP contribution in [0.1, 0.15) is 29.7 Å². The molecule has 1 amide bonds. The highest BCUT2D eigenvalue weighted by atomic mass is 16.2. The maximum absolute atomic E-state index is 12.3. The van der Waals surface area contributed by atoms with E-state index in [1.54, 1.807) is 6.07 Å². The number of fused-ring (bicyclic) bond motifs is 1. The molecule has 1 saturated heterocycles. The van der Waals surface area contributed by atoms with Gasteiger partial charge in [-0.25, -0.2) is 0 Å². The molecular weight excluding hydrogens is 278 g/mol. The predicted molar refractivity (Wildman–Crippen MR) is 86.9 cm³/mol. The molecule has 0 unspecified atom stereocenters. The van der Waals surface area contributed by atoms with E-state index in [1.807, 2.05) is 19.9 Å². The van der Waals surface area contributed by atoms with Crippen molar-refractivity contribution in [2.75, 3.05) is 6.54 Å². The molecule has 0 saturated carbocycles. The lowest BCUT2D eigenvalue weighted by Gasteiger charge is -2.22. The number of hydrogen-bond acceptors (Lipinski definition) is 3. The van der Waals surface area contributed by atoms with E-state index >= 15 is 0 Å². The molecule has 1 aliphatic rings. The van der Waals surface area contributed by atoms with E-state index in [1.165, 1.54) is 0 Å². The van der Waals surface area contributed by atoms with E-state index in [2.05, 4.69) is 21.7 Å². The lowest BCUT2D eigenvalue weighted by atomic mass is 10.1. The lowest BCUT2D eigenvalue weighted by molar-refractivity contribution is -0.124. The average Bonchev–Trinajstić information content (AvgIpc) is 2.48. The zero-order valence-electron chi connectivity index (χ0n) is 13.0. The van der Waals surface area contributed by atoms with Crippen LogP contribution >= 0.6 is 0 Å². The fraction of sp³-hybridized carbons (Fsp3) is 0.412. The number of hydrogen-bond donors (Lipinski definition) is 3. The average molecular weight is 299 g/mol. The van der Waals surface area contributed by atoms with Gasteiger partial charge in [-0.2, -0.15) is 0 Å². The van der Waals surface area contributed by atoms with Crippen LogP contribution in [0.15, 0.2) is 23.0 Å². The second-order valence-corrected chi connectivity index (χ2v) is 6.03. The topological polar surface area (TPSA) is 74.0 Å². The summed E-state index contributed by atoms with van der Waals surface area (Å²) < 4.78 is 0. The molecule has 5 nitrogen and oxygen atoms in total. The van der Waals surface area contributed by atoms with E-state index < -0.39 is 0 Å². The summed E-state index contributed by atoms with van der Waals surface area (Å²) >= 11 is 0. The standard InChI is InChI=1S/C17H21N3O2/c1-10-6-11(2)16-13(7-10)15(21)8-12(20-16)9-19-14-4-3-5-18-17(14)22/h6-8,14,19H,3-5,9H2,1-2H3,(H,18,22)(H,20,21)/t14-/m1/s1. The zero-order valence-corrected chi connectivity index (χ0v) is 13.0. The second kappa shape index (κ2) is 5.93. The van der Waals surface area contributed by atoms with Crippen LogP contribution in [0.5, 0.6) is 0 Å². The Hall–Kier alpha value is -2.14. The Morgan fingerprint density at radius 2 is 2.05 bits per heavy atom. The summed E-state index contributed by atoms with van der Waals surface area (Å²) in [4.78, 5) is 27.4. The third-order valence-corrected chi connectivity index (χ3v) is 4.16. The number of H-pyrrole nitrogens is 1. The summed E-state index contributed by atoms with van der Waals surface area (Å²) in [5.41, 5.74) is 3.85. The van der Waals surface area contributed by atoms with Crippen molar-refractivity contribution in [1.82, 2.24) is 15.6 Å². The molecule has 3 N–H and O–H groups in total. The highest BCUT2D eigenvalue weighted by molar-refractivity contribution is 5.83. The Morgan fingerprint density at radius 3 is 2.82 bits per heavy atom. The van der Waals surface area contributed by atoms with Gasteiger partial charge in [0.25, 0.3) is 0 Å². The number of piperidine rings is 1. The van der Waals surface area contributed by atoms with Crippen LogP contribution in [0.3, 0.4) is 0 Å². The van der Waals surface area contributed by atoms with Crippen LogP contribution in [-0.4, -0.2) is 23.5 Å². The van der Waals surface area contributed by atoms with Gasteiger partial charge in [-0.05, 0) is 43.9 Å². The van der Waals surface area contributed by atoms with Gasteiger partial charge in [0.2, 0.25) is 5.91 Å². The molecule has 3 rings (SSSR count). The molecule has 116 valence electrons. The van der Waals surface area contributed by atoms with Crippen LogP contribution in [0.4, 0.5) is 0 Å². The van der Waals surface area contributed by atoms with E-state index in [0.29, 0.717) is 6.54 Å². The maximum atomic E-state index is 12.3. The molecule has 1 aromatic heterocycles. The molecule has 0 spiro atoms. The van der Waals surface area contributed by atoms with E-state index in [4.69, 9.17) is 0 Å². The Labute approximate surface area is 129 Å². The Balaban J connectivity index is 1.85. The van der Waals surface area contributed by atoms with Crippen LogP contribution < -0.4 is 16.1 Å². The third kappa shape index (κ3) is 2.90.